The summed E-state index contributed by atoms with van der Waals surface area (Å²) >= 11 is 5.95. The zero-order chi connectivity index (χ0) is 20.5. The van der Waals surface area contributed by atoms with Gasteiger partial charge in [0.15, 0.2) is 0 Å². The number of rotatable bonds is 5. The molecule has 1 aliphatic heterocycles. The minimum absolute atomic E-state index is 0.0477. The van der Waals surface area contributed by atoms with Crippen LogP contribution in [-0.4, -0.2) is 70.3 Å². The summed E-state index contributed by atoms with van der Waals surface area (Å²) in [5, 5.41) is 10.2. The van der Waals surface area contributed by atoms with Gasteiger partial charge in [-0.3, -0.25) is 9.69 Å². The largest absolute Gasteiger partial charge is 0.478 e. The van der Waals surface area contributed by atoms with E-state index in [1.165, 1.54) is 6.20 Å². The second kappa shape index (κ2) is 8.00. The number of fused-ring (bicyclic) bond motifs is 1. The molecule has 1 aliphatic rings. The Balaban J connectivity index is 1.65. The van der Waals surface area contributed by atoms with Crippen LogP contribution >= 0.6 is 11.6 Å². The van der Waals surface area contributed by atoms with Crippen LogP contribution in [0.25, 0.3) is 10.9 Å². The van der Waals surface area contributed by atoms with Gasteiger partial charge in [0.2, 0.25) is 5.91 Å². The molecule has 28 heavy (non-hydrogen) atoms. The van der Waals surface area contributed by atoms with Gasteiger partial charge in [0.05, 0.1) is 12.0 Å². The Hall–Kier alpha value is -2.26. The number of nitrogens with zero attached hydrogens (tertiary/aromatic N) is 3. The molecule has 2 heterocycles. The third kappa shape index (κ3) is 4.77. The fourth-order valence-corrected chi connectivity index (χ4v) is 3.49. The number of halogens is 4. The van der Waals surface area contributed by atoms with Gasteiger partial charge < -0.3 is 14.6 Å². The number of carbonyl (C=O) groups is 2. The first-order chi connectivity index (χ1) is 13.1. The van der Waals surface area contributed by atoms with Gasteiger partial charge >= 0.3 is 12.1 Å². The monoisotopic (exact) mass is 417 g/mol. The first-order valence-corrected chi connectivity index (χ1v) is 9.10. The van der Waals surface area contributed by atoms with Crippen molar-refractivity contribution in [3.63, 3.8) is 0 Å². The van der Waals surface area contributed by atoms with Gasteiger partial charge in [-0.05, 0) is 18.2 Å². The van der Waals surface area contributed by atoms with E-state index < -0.39 is 18.6 Å². The van der Waals surface area contributed by atoms with Crippen LogP contribution in [0.4, 0.5) is 13.2 Å². The summed E-state index contributed by atoms with van der Waals surface area (Å²) < 4.78 is 38.5. The van der Waals surface area contributed by atoms with Crippen molar-refractivity contribution in [3.05, 3.63) is 35.0 Å². The zero-order valence-electron chi connectivity index (χ0n) is 14.9. The minimum Gasteiger partial charge on any atom is -0.478 e. The third-order valence-corrected chi connectivity index (χ3v) is 5.05. The molecule has 1 aromatic carbocycles. The van der Waals surface area contributed by atoms with E-state index in [0.29, 0.717) is 42.1 Å². The number of piperazine rings is 1. The Morgan fingerprint density at radius 1 is 1.14 bits per heavy atom. The zero-order valence-corrected chi connectivity index (χ0v) is 15.6. The molecule has 152 valence electrons. The highest BCUT2D eigenvalue weighted by Gasteiger charge is 2.29. The van der Waals surface area contributed by atoms with E-state index in [1.807, 2.05) is 0 Å². The van der Waals surface area contributed by atoms with Crippen molar-refractivity contribution in [2.24, 2.45) is 0 Å². The Morgan fingerprint density at radius 3 is 2.43 bits per heavy atom. The van der Waals surface area contributed by atoms with Crippen molar-refractivity contribution in [2.45, 2.75) is 19.1 Å². The quantitative estimate of drug-likeness (QED) is 0.812. The van der Waals surface area contributed by atoms with Crippen LogP contribution in [-0.2, 0) is 11.3 Å². The number of hydrogen-bond acceptors (Lipinski definition) is 3. The molecular formula is C18H19ClF3N3O3. The molecule has 2 aromatic rings. The van der Waals surface area contributed by atoms with Gasteiger partial charge in [0, 0.05) is 54.8 Å². The number of carboxylic acids is 1. The van der Waals surface area contributed by atoms with Crippen molar-refractivity contribution in [3.8, 4) is 0 Å². The van der Waals surface area contributed by atoms with E-state index in [2.05, 4.69) is 0 Å². The summed E-state index contributed by atoms with van der Waals surface area (Å²) in [7, 11) is 0. The molecule has 1 aromatic heterocycles. The van der Waals surface area contributed by atoms with Gasteiger partial charge in [0.25, 0.3) is 0 Å². The molecule has 6 nitrogen and oxygen atoms in total. The Kier molecular flexibility index (Phi) is 5.85. The second-order valence-electron chi connectivity index (χ2n) is 6.72. The van der Waals surface area contributed by atoms with Crippen molar-refractivity contribution in [2.75, 3.05) is 32.7 Å². The van der Waals surface area contributed by atoms with E-state index in [-0.39, 0.29) is 24.6 Å². The van der Waals surface area contributed by atoms with Crippen LogP contribution in [0.2, 0.25) is 5.02 Å². The smallest absolute Gasteiger partial charge is 0.390 e. The number of hydrogen-bond donors (Lipinski definition) is 1. The maximum Gasteiger partial charge on any atom is 0.390 e. The van der Waals surface area contributed by atoms with E-state index >= 15 is 0 Å². The average molecular weight is 418 g/mol. The molecule has 1 fully saturated rings. The standard InChI is InChI=1S/C18H19ClF3N3O3/c19-12-1-2-15-13(9-12)14(17(27)28)10-25(15)11-16(26)24-7-5-23(6-8-24)4-3-18(20,21)22/h1-2,9-10H,3-8,11H2,(H,27,28). The lowest BCUT2D eigenvalue weighted by atomic mass is 10.2. The predicted molar refractivity (Wildman–Crippen MR) is 97.6 cm³/mol. The lowest BCUT2D eigenvalue weighted by Gasteiger charge is -2.35. The highest BCUT2D eigenvalue weighted by Crippen LogP contribution is 2.25. The lowest BCUT2D eigenvalue weighted by Crippen LogP contribution is -2.50. The molecule has 0 aliphatic carbocycles. The number of benzene rings is 1. The predicted octanol–water partition coefficient (Wildman–Crippen LogP) is 3.09. The normalized spacial score (nSPS) is 15.9. The summed E-state index contributed by atoms with van der Waals surface area (Å²) in [5.41, 5.74) is 0.640. The number of carbonyl (C=O) groups excluding carboxylic acids is 1. The molecule has 1 saturated heterocycles. The SMILES string of the molecule is O=C(O)c1cn(CC(=O)N2CCN(CCC(F)(F)F)CC2)c2ccc(Cl)cc12. The first-order valence-electron chi connectivity index (χ1n) is 8.72. The van der Waals surface area contributed by atoms with Crippen molar-refractivity contribution >= 4 is 34.4 Å². The highest BCUT2D eigenvalue weighted by molar-refractivity contribution is 6.31. The van der Waals surface area contributed by atoms with Crippen molar-refractivity contribution in [1.82, 2.24) is 14.4 Å². The van der Waals surface area contributed by atoms with Crippen LogP contribution in [0.5, 0.6) is 0 Å². The summed E-state index contributed by atoms with van der Waals surface area (Å²) in [6, 6.07) is 4.82. The molecule has 1 amide bonds. The fourth-order valence-electron chi connectivity index (χ4n) is 3.32. The highest BCUT2D eigenvalue weighted by atomic mass is 35.5. The third-order valence-electron chi connectivity index (χ3n) is 4.82. The van der Waals surface area contributed by atoms with Crippen LogP contribution in [0.3, 0.4) is 0 Å². The molecule has 0 bridgehead atoms. The Bertz CT molecular complexity index is 889. The van der Waals surface area contributed by atoms with Gasteiger partial charge in [0.1, 0.15) is 6.54 Å². The molecule has 0 unspecified atom stereocenters. The molecule has 0 spiro atoms. The maximum absolute atomic E-state index is 12.6. The molecule has 0 saturated carbocycles. The van der Waals surface area contributed by atoms with E-state index in [9.17, 15) is 27.9 Å². The topological polar surface area (TPSA) is 65.8 Å². The average Bonchev–Trinajstić information content (AvgIpc) is 2.97. The van der Waals surface area contributed by atoms with Gasteiger partial charge in [-0.2, -0.15) is 13.2 Å². The fraction of sp³-hybridized carbons (Fsp3) is 0.444. The molecule has 3 rings (SSSR count). The molecule has 10 heteroatoms. The first kappa shape index (κ1) is 20.5. The summed E-state index contributed by atoms with van der Waals surface area (Å²) in [5.74, 6) is -1.32. The van der Waals surface area contributed by atoms with E-state index in [4.69, 9.17) is 11.6 Å². The number of aromatic nitrogens is 1. The molecule has 1 N–H and O–H groups in total. The molecular weight excluding hydrogens is 399 g/mol. The van der Waals surface area contributed by atoms with Gasteiger partial charge in [-0.25, -0.2) is 4.79 Å². The van der Waals surface area contributed by atoms with E-state index in [0.717, 1.165) is 0 Å². The van der Waals surface area contributed by atoms with Crippen LogP contribution < -0.4 is 0 Å². The lowest BCUT2D eigenvalue weighted by molar-refractivity contribution is -0.141. The Labute approximate surface area is 164 Å². The minimum atomic E-state index is -4.19. The van der Waals surface area contributed by atoms with Crippen LogP contribution in [0.15, 0.2) is 24.4 Å². The summed E-state index contributed by atoms with van der Waals surface area (Å²) in [4.78, 5) is 27.3. The second-order valence-corrected chi connectivity index (χ2v) is 7.16. The maximum atomic E-state index is 12.6. The van der Waals surface area contributed by atoms with Gasteiger partial charge in [-0.1, -0.05) is 11.6 Å². The molecule has 0 radical (unpaired) electrons. The van der Waals surface area contributed by atoms with Crippen LogP contribution in [0.1, 0.15) is 16.8 Å². The number of carboxylic acid groups (broad SMARTS) is 1. The number of aromatic carboxylic acids is 1. The summed E-state index contributed by atoms with van der Waals surface area (Å²) in [6.45, 7) is 1.32. The Morgan fingerprint density at radius 2 is 1.82 bits per heavy atom. The van der Waals surface area contributed by atoms with Gasteiger partial charge in [-0.15, -0.1) is 0 Å². The van der Waals surface area contributed by atoms with E-state index in [1.54, 1.807) is 32.6 Å². The van der Waals surface area contributed by atoms with Crippen molar-refractivity contribution < 1.29 is 27.9 Å². The number of alkyl halides is 3. The van der Waals surface area contributed by atoms with Crippen LogP contribution in [0, 0.1) is 0 Å². The van der Waals surface area contributed by atoms with Crippen molar-refractivity contribution in [1.29, 1.82) is 0 Å². The number of amides is 1. The summed E-state index contributed by atoms with van der Waals surface area (Å²) in [6.07, 6.45) is -3.65. The molecule has 0 atom stereocenters.